The highest BCUT2D eigenvalue weighted by molar-refractivity contribution is 6.00. The van der Waals surface area contributed by atoms with Gasteiger partial charge >= 0.3 is 0 Å². The van der Waals surface area contributed by atoms with Crippen LogP contribution in [-0.4, -0.2) is 61.3 Å². The quantitative estimate of drug-likeness (QED) is 0.291. The number of aromatic amines is 1. The lowest BCUT2D eigenvalue weighted by molar-refractivity contribution is 0.0937. The topological polar surface area (TPSA) is 149 Å². The maximum absolute atomic E-state index is 15.2. The molecule has 1 aliphatic rings. The minimum absolute atomic E-state index is 0.0343. The van der Waals surface area contributed by atoms with Gasteiger partial charge in [-0.1, -0.05) is 38.1 Å². The van der Waals surface area contributed by atoms with E-state index in [0.717, 1.165) is 30.3 Å². The lowest BCUT2D eigenvalue weighted by Crippen LogP contribution is -2.49. The van der Waals surface area contributed by atoms with Crippen LogP contribution in [-0.2, 0) is 12.0 Å². The number of hydrogen-bond donors (Lipinski definition) is 3. The predicted molar refractivity (Wildman–Crippen MR) is 147 cm³/mol. The number of rotatable bonds is 7. The summed E-state index contributed by atoms with van der Waals surface area (Å²) < 4.78 is 20.4. The molecule has 1 aromatic carbocycles. The second-order valence-electron chi connectivity index (χ2n) is 11.1. The number of nitriles is 1. The Labute approximate surface area is 231 Å². The first-order valence-corrected chi connectivity index (χ1v) is 13.3. The summed E-state index contributed by atoms with van der Waals surface area (Å²) >= 11 is 0. The van der Waals surface area contributed by atoms with Gasteiger partial charge in [-0.3, -0.25) is 14.8 Å². The van der Waals surface area contributed by atoms with Gasteiger partial charge < -0.3 is 15.2 Å². The summed E-state index contributed by atoms with van der Waals surface area (Å²) in [4.78, 5) is 23.2. The molecule has 0 saturated carbocycles. The van der Waals surface area contributed by atoms with Gasteiger partial charge in [-0.2, -0.15) is 15.3 Å². The van der Waals surface area contributed by atoms with Gasteiger partial charge in [0.25, 0.3) is 11.7 Å². The molecule has 208 valence electrons. The van der Waals surface area contributed by atoms with Crippen LogP contribution in [0.4, 0.5) is 10.2 Å². The van der Waals surface area contributed by atoms with Gasteiger partial charge in [-0.05, 0) is 49.6 Å². The number of fused-ring (bicyclic) bond motifs is 1. The first kappa shape index (κ1) is 27.2. The van der Waals surface area contributed by atoms with E-state index in [0.29, 0.717) is 35.0 Å². The number of H-pyrrole nitrogens is 1. The molecule has 0 unspecified atom stereocenters. The smallest absolute Gasteiger partial charge is 0.292 e. The van der Waals surface area contributed by atoms with E-state index in [1.807, 2.05) is 26.8 Å². The number of piperidine rings is 1. The fraction of sp³-hybridized carbons (Fsp3) is 0.429. The van der Waals surface area contributed by atoms with E-state index in [9.17, 15) is 4.79 Å². The predicted octanol–water partition coefficient (Wildman–Crippen LogP) is 4.16. The maximum Gasteiger partial charge on any atom is 0.292 e. The molecule has 1 amide bonds. The van der Waals surface area contributed by atoms with Crippen molar-refractivity contribution in [2.24, 2.45) is 0 Å². The zero-order valence-electron chi connectivity index (χ0n) is 23.0. The van der Waals surface area contributed by atoms with Crippen LogP contribution in [0.3, 0.4) is 0 Å². The van der Waals surface area contributed by atoms with Crippen molar-refractivity contribution >= 4 is 22.8 Å². The molecule has 4 heterocycles. The molecule has 5 rings (SSSR count). The number of halogens is 1. The van der Waals surface area contributed by atoms with Gasteiger partial charge in [0.15, 0.2) is 11.5 Å². The van der Waals surface area contributed by atoms with E-state index in [1.54, 1.807) is 18.3 Å². The van der Waals surface area contributed by atoms with Crippen molar-refractivity contribution in [3.05, 3.63) is 53.6 Å². The second kappa shape index (κ2) is 11.0. The third-order valence-corrected chi connectivity index (χ3v) is 7.25. The van der Waals surface area contributed by atoms with Crippen LogP contribution in [0.5, 0.6) is 0 Å². The number of hydrogen-bond acceptors (Lipinski definition) is 9. The number of nitrogens with one attached hydrogen (secondary N) is 3. The van der Waals surface area contributed by atoms with Gasteiger partial charge in [0.1, 0.15) is 5.82 Å². The molecule has 1 aliphatic heterocycles. The Balaban J connectivity index is 1.34. The van der Waals surface area contributed by atoms with Crippen LogP contribution in [0.15, 0.2) is 35.0 Å². The number of anilines is 1. The first-order chi connectivity index (χ1) is 19.2. The Hall–Kier alpha value is -4.37. The highest BCUT2D eigenvalue weighted by Crippen LogP contribution is 2.34. The minimum atomic E-state index is -0.544. The molecule has 1 fully saturated rings. The standard InChI is InChI=1S/C28H32FN9O2/c1-16-21(6-5-12-38(16)13-10-30)33-24-22-19(9-11-31-23(22)35-36-24)17-7-8-18(20(29)14-17)15-32-26(39)25-34-27(40-37-25)28(2,3)4/h7-9,11,14,16,21H,5-6,12-13,15H2,1-4H3,(H,32,39)(H2,31,33,35,36)/t16-,21-/m1/s1. The molecular formula is C28H32FN9O2. The molecule has 4 aromatic rings. The van der Waals surface area contributed by atoms with E-state index in [1.165, 1.54) is 6.07 Å². The number of pyridine rings is 1. The van der Waals surface area contributed by atoms with E-state index in [4.69, 9.17) is 9.78 Å². The summed E-state index contributed by atoms with van der Waals surface area (Å²) in [6, 6.07) is 9.21. The van der Waals surface area contributed by atoms with Crippen molar-refractivity contribution in [1.82, 2.24) is 35.5 Å². The second-order valence-corrected chi connectivity index (χ2v) is 11.1. The Morgan fingerprint density at radius 2 is 2.15 bits per heavy atom. The largest absolute Gasteiger partial charge is 0.364 e. The molecular weight excluding hydrogens is 513 g/mol. The molecule has 0 radical (unpaired) electrons. The minimum Gasteiger partial charge on any atom is -0.364 e. The zero-order valence-corrected chi connectivity index (χ0v) is 23.0. The van der Waals surface area contributed by atoms with E-state index in [2.05, 4.69) is 53.8 Å². The lowest BCUT2D eigenvalue weighted by Gasteiger charge is -2.38. The van der Waals surface area contributed by atoms with Crippen molar-refractivity contribution in [2.45, 2.75) is 64.6 Å². The normalized spacial score (nSPS) is 18.0. The van der Waals surface area contributed by atoms with Crippen molar-refractivity contribution in [2.75, 3.05) is 18.4 Å². The monoisotopic (exact) mass is 545 g/mol. The van der Waals surface area contributed by atoms with Crippen molar-refractivity contribution in [3.63, 3.8) is 0 Å². The number of nitrogens with zero attached hydrogens (tertiary/aromatic N) is 6. The SMILES string of the molecule is C[C@@H]1[C@H](Nc2n[nH]c3nccc(-c4ccc(CNC(=O)c5noc(C(C)(C)C)n5)c(F)c4)c23)CCCN1CC#N. The molecule has 11 nitrogen and oxygen atoms in total. The summed E-state index contributed by atoms with van der Waals surface area (Å²) in [5, 5.41) is 27.3. The average molecular weight is 546 g/mol. The molecule has 0 bridgehead atoms. The third-order valence-electron chi connectivity index (χ3n) is 7.25. The van der Waals surface area contributed by atoms with E-state index in [-0.39, 0.29) is 29.9 Å². The van der Waals surface area contributed by atoms with E-state index < -0.39 is 11.7 Å². The Kier molecular flexibility index (Phi) is 7.49. The molecule has 3 N–H and O–H groups in total. The number of benzene rings is 1. The van der Waals surface area contributed by atoms with Gasteiger partial charge in [-0.25, -0.2) is 9.37 Å². The van der Waals surface area contributed by atoms with Crippen LogP contribution in [0.25, 0.3) is 22.2 Å². The van der Waals surface area contributed by atoms with Crippen LogP contribution in [0.1, 0.15) is 62.6 Å². The number of carbonyl (C=O) groups excluding carboxylic acids is 1. The Morgan fingerprint density at radius 1 is 1.32 bits per heavy atom. The Morgan fingerprint density at radius 3 is 2.88 bits per heavy atom. The van der Waals surface area contributed by atoms with Gasteiger partial charge in [0.2, 0.25) is 5.89 Å². The van der Waals surface area contributed by atoms with Gasteiger partial charge in [0, 0.05) is 35.8 Å². The molecule has 2 atom stereocenters. The lowest BCUT2D eigenvalue weighted by atomic mass is 9.97. The van der Waals surface area contributed by atoms with Crippen molar-refractivity contribution in [3.8, 4) is 17.2 Å². The zero-order chi connectivity index (χ0) is 28.4. The maximum atomic E-state index is 15.2. The van der Waals surface area contributed by atoms with Gasteiger partial charge in [-0.15, -0.1) is 0 Å². The van der Waals surface area contributed by atoms with Crippen molar-refractivity contribution in [1.29, 1.82) is 5.26 Å². The number of carbonyl (C=O) groups is 1. The fourth-order valence-corrected chi connectivity index (χ4v) is 4.92. The summed E-state index contributed by atoms with van der Waals surface area (Å²) in [7, 11) is 0. The van der Waals surface area contributed by atoms with Gasteiger partial charge in [0.05, 0.1) is 18.0 Å². The summed E-state index contributed by atoms with van der Waals surface area (Å²) in [5.74, 6) is -0.109. The molecule has 0 spiro atoms. The molecule has 0 aliphatic carbocycles. The highest BCUT2D eigenvalue weighted by Gasteiger charge is 2.29. The van der Waals surface area contributed by atoms with Crippen LogP contribution < -0.4 is 10.6 Å². The number of likely N-dealkylation sites (tertiary alicyclic amines) is 1. The summed E-state index contributed by atoms with van der Waals surface area (Å²) in [6.45, 7) is 9.05. The molecule has 12 heteroatoms. The average Bonchev–Trinajstić information content (AvgIpc) is 3.58. The highest BCUT2D eigenvalue weighted by atomic mass is 19.1. The Bertz CT molecular complexity index is 1570. The van der Waals surface area contributed by atoms with Crippen molar-refractivity contribution < 1.29 is 13.7 Å². The first-order valence-electron chi connectivity index (χ1n) is 13.3. The summed E-state index contributed by atoms with van der Waals surface area (Å²) in [6.07, 6.45) is 3.58. The van der Waals surface area contributed by atoms with Crippen LogP contribution >= 0.6 is 0 Å². The summed E-state index contributed by atoms with van der Waals surface area (Å²) in [5.41, 5.74) is 1.95. The van der Waals surface area contributed by atoms with Crippen LogP contribution in [0, 0.1) is 17.1 Å². The third kappa shape index (κ3) is 5.51. The number of amides is 1. The number of aromatic nitrogens is 5. The van der Waals surface area contributed by atoms with E-state index >= 15 is 4.39 Å². The van der Waals surface area contributed by atoms with Crippen LogP contribution in [0.2, 0.25) is 0 Å². The fourth-order valence-electron chi connectivity index (χ4n) is 4.92. The molecule has 40 heavy (non-hydrogen) atoms. The molecule has 1 saturated heterocycles. The molecule has 3 aromatic heterocycles.